The van der Waals surface area contributed by atoms with Gasteiger partial charge in [0, 0.05) is 11.1 Å². The molecule has 1 N–H and O–H groups in total. The summed E-state index contributed by atoms with van der Waals surface area (Å²) in [7, 11) is 0. The Labute approximate surface area is 172 Å². The molecule has 5 nitrogen and oxygen atoms in total. The van der Waals surface area contributed by atoms with E-state index in [4.69, 9.17) is 4.52 Å². The number of halogens is 3. The molecule has 0 saturated carbocycles. The summed E-state index contributed by atoms with van der Waals surface area (Å²) in [6.07, 6.45) is -3.75. The van der Waals surface area contributed by atoms with E-state index in [1.54, 1.807) is 12.1 Å². The van der Waals surface area contributed by atoms with E-state index >= 15 is 0 Å². The van der Waals surface area contributed by atoms with Crippen molar-refractivity contribution < 1.29 is 22.5 Å². The SMILES string of the molecule is CC[C@H](C)[C@@H](NC(=O)c1ccc(C)cc1)c1nc(-c2cccc(C(F)(F)F)c2)no1. The van der Waals surface area contributed by atoms with Gasteiger partial charge in [-0.3, -0.25) is 4.79 Å². The van der Waals surface area contributed by atoms with E-state index < -0.39 is 17.8 Å². The van der Waals surface area contributed by atoms with Gasteiger partial charge in [0.15, 0.2) is 0 Å². The smallest absolute Gasteiger partial charge is 0.340 e. The summed E-state index contributed by atoms with van der Waals surface area (Å²) in [5.41, 5.74) is 0.921. The molecule has 0 unspecified atom stereocenters. The Hall–Kier alpha value is -3.16. The number of aromatic nitrogens is 2. The van der Waals surface area contributed by atoms with Gasteiger partial charge in [0.05, 0.1) is 5.56 Å². The minimum atomic E-state index is -4.47. The third-order valence-corrected chi connectivity index (χ3v) is 4.97. The number of benzene rings is 2. The molecule has 2 aromatic carbocycles. The van der Waals surface area contributed by atoms with Crippen molar-refractivity contribution >= 4 is 5.91 Å². The maximum absolute atomic E-state index is 13.0. The molecule has 0 aliphatic rings. The summed E-state index contributed by atoms with van der Waals surface area (Å²) >= 11 is 0. The molecular formula is C22H22F3N3O2. The first-order chi connectivity index (χ1) is 14.2. The number of amides is 1. The minimum Gasteiger partial charge on any atom is -0.340 e. The number of nitrogens with zero attached hydrogens (tertiary/aromatic N) is 2. The fraction of sp³-hybridized carbons (Fsp3) is 0.318. The lowest BCUT2D eigenvalue weighted by Gasteiger charge is -2.20. The van der Waals surface area contributed by atoms with Gasteiger partial charge in [0.2, 0.25) is 11.7 Å². The second-order valence-electron chi connectivity index (χ2n) is 7.24. The lowest BCUT2D eigenvalue weighted by molar-refractivity contribution is -0.137. The Morgan fingerprint density at radius 2 is 1.87 bits per heavy atom. The molecule has 0 saturated heterocycles. The van der Waals surface area contributed by atoms with E-state index in [1.807, 2.05) is 32.9 Å². The topological polar surface area (TPSA) is 68.0 Å². The predicted molar refractivity (Wildman–Crippen MR) is 106 cm³/mol. The van der Waals surface area contributed by atoms with Gasteiger partial charge in [-0.05, 0) is 37.1 Å². The highest BCUT2D eigenvalue weighted by Gasteiger charge is 2.31. The van der Waals surface area contributed by atoms with Crippen LogP contribution in [0.15, 0.2) is 53.1 Å². The molecule has 0 bridgehead atoms. The Kier molecular flexibility index (Phi) is 6.24. The summed E-state index contributed by atoms with van der Waals surface area (Å²) in [6, 6.07) is 11.3. The fourth-order valence-electron chi connectivity index (χ4n) is 2.93. The fourth-order valence-corrected chi connectivity index (χ4v) is 2.93. The van der Waals surface area contributed by atoms with Gasteiger partial charge < -0.3 is 9.84 Å². The molecule has 0 aliphatic heterocycles. The average Bonchev–Trinajstić information content (AvgIpc) is 3.21. The summed E-state index contributed by atoms with van der Waals surface area (Å²) in [5, 5.41) is 6.74. The van der Waals surface area contributed by atoms with Gasteiger partial charge in [-0.25, -0.2) is 0 Å². The van der Waals surface area contributed by atoms with Crippen LogP contribution < -0.4 is 5.32 Å². The standard InChI is InChI=1S/C22H22F3N3O2/c1-4-14(3)18(26-20(29)15-10-8-13(2)9-11-15)21-27-19(28-30-21)16-6-5-7-17(12-16)22(23,24)25/h5-12,14,18H,4H2,1-3H3,(H,26,29)/t14-,18+/m0/s1. The van der Waals surface area contributed by atoms with Gasteiger partial charge >= 0.3 is 6.18 Å². The Balaban J connectivity index is 1.87. The Morgan fingerprint density at radius 1 is 1.17 bits per heavy atom. The molecule has 0 spiro atoms. The van der Waals surface area contributed by atoms with Gasteiger partial charge in [-0.15, -0.1) is 0 Å². The zero-order chi connectivity index (χ0) is 21.9. The molecule has 0 aliphatic carbocycles. The number of hydrogen-bond donors (Lipinski definition) is 1. The molecule has 1 amide bonds. The monoisotopic (exact) mass is 417 g/mol. The number of rotatable bonds is 6. The number of alkyl halides is 3. The summed E-state index contributed by atoms with van der Waals surface area (Å²) in [6.45, 7) is 5.81. The van der Waals surface area contributed by atoms with E-state index in [-0.39, 0.29) is 29.1 Å². The average molecular weight is 417 g/mol. The highest BCUT2D eigenvalue weighted by Crippen LogP contribution is 2.32. The highest BCUT2D eigenvalue weighted by atomic mass is 19.4. The molecule has 30 heavy (non-hydrogen) atoms. The maximum atomic E-state index is 13.0. The van der Waals surface area contributed by atoms with Gasteiger partial charge in [0.25, 0.3) is 5.91 Å². The third-order valence-electron chi connectivity index (χ3n) is 4.97. The van der Waals surface area contributed by atoms with Crippen molar-refractivity contribution in [3.8, 4) is 11.4 Å². The Bertz CT molecular complexity index is 1010. The van der Waals surface area contributed by atoms with Crippen molar-refractivity contribution in [3.05, 3.63) is 71.1 Å². The molecule has 3 rings (SSSR count). The van der Waals surface area contributed by atoms with Crippen LogP contribution in [0.3, 0.4) is 0 Å². The number of carbonyl (C=O) groups is 1. The van der Waals surface area contributed by atoms with Gasteiger partial charge in [-0.2, -0.15) is 18.2 Å². The molecule has 0 radical (unpaired) electrons. The van der Waals surface area contributed by atoms with Crippen molar-refractivity contribution in [3.63, 3.8) is 0 Å². The number of hydrogen-bond acceptors (Lipinski definition) is 4. The quantitative estimate of drug-likeness (QED) is 0.568. The molecule has 1 aromatic heterocycles. The number of aryl methyl sites for hydroxylation is 1. The van der Waals surface area contributed by atoms with Crippen LogP contribution in [0.5, 0.6) is 0 Å². The molecule has 158 valence electrons. The van der Waals surface area contributed by atoms with Gasteiger partial charge in [0.1, 0.15) is 6.04 Å². The van der Waals surface area contributed by atoms with E-state index in [1.165, 1.54) is 12.1 Å². The third kappa shape index (κ3) is 4.87. The van der Waals surface area contributed by atoms with Crippen LogP contribution in [0.1, 0.15) is 53.7 Å². The van der Waals surface area contributed by atoms with Crippen molar-refractivity contribution in [2.45, 2.75) is 39.4 Å². The summed E-state index contributed by atoms with van der Waals surface area (Å²) in [4.78, 5) is 16.9. The number of carbonyl (C=O) groups excluding carboxylic acids is 1. The van der Waals surface area contributed by atoms with Crippen LogP contribution in [0, 0.1) is 12.8 Å². The minimum absolute atomic E-state index is 0.0331. The second-order valence-corrected chi connectivity index (χ2v) is 7.24. The molecule has 2 atom stereocenters. The van der Waals surface area contributed by atoms with Crippen molar-refractivity contribution in [1.29, 1.82) is 0 Å². The van der Waals surface area contributed by atoms with Crippen molar-refractivity contribution in [1.82, 2.24) is 15.5 Å². The summed E-state index contributed by atoms with van der Waals surface area (Å²) < 4.78 is 44.3. The van der Waals surface area contributed by atoms with Crippen molar-refractivity contribution in [2.24, 2.45) is 5.92 Å². The van der Waals surface area contributed by atoms with Crippen LogP contribution in [0.4, 0.5) is 13.2 Å². The van der Waals surface area contributed by atoms with Crippen molar-refractivity contribution in [2.75, 3.05) is 0 Å². The first kappa shape index (κ1) is 21.5. The molecule has 8 heteroatoms. The Morgan fingerprint density at radius 3 is 2.50 bits per heavy atom. The van der Waals surface area contributed by atoms with Crippen LogP contribution in [0.2, 0.25) is 0 Å². The van der Waals surface area contributed by atoms with Crippen LogP contribution in [0.25, 0.3) is 11.4 Å². The van der Waals surface area contributed by atoms with E-state index in [0.29, 0.717) is 5.56 Å². The summed E-state index contributed by atoms with van der Waals surface area (Å²) in [5.74, 6) is -0.139. The zero-order valence-electron chi connectivity index (χ0n) is 16.8. The van der Waals surface area contributed by atoms with Crippen LogP contribution >= 0.6 is 0 Å². The number of nitrogens with one attached hydrogen (secondary N) is 1. The molecule has 1 heterocycles. The second kappa shape index (κ2) is 8.69. The maximum Gasteiger partial charge on any atom is 0.416 e. The van der Waals surface area contributed by atoms with E-state index in [0.717, 1.165) is 24.1 Å². The normalized spacial score (nSPS) is 13.7. The highest BCUT2D eigenvalue weighted by molar-refractivity contribution is 5.94. The van der Waals surface area contributed by atoms with E-state index in [2.05, 4.69) is 15.5 Å². The molecule has 0 fully saturated rings. The zero-order valence-corrected chi connectivity index (χ0v) is 16.8. The molecular weight excluding hydrogens is 395 g/mol. The lowest BCUT2D eigenvalue weighted by atomic mass is 9.98. The van der Waals surface area contributed by atoms with E-state index in [9.17, 15) is 18.0 Å². The molecule has 3 aromatic rings. The first-order valence-corrected chi connectivity index (χ1v) is 9.57. The predicted octanol–water partition coefficient (Wildman–Crippen LogP) is 5.58. The lowest BCUT2D eigenvalue weighted by Crippen LogP contribution is -2.32. The van der Waals surface area contributed by atoms with Gasteiger partial charge in [-0.1, -0.05) is 55.3 Å². The van der Waals surface area contributed by atoms with Crippen LogP contribution in [-0.2, 0) is 6.18 Å². The van der Waals surface area contributed by atoms with Crippen LogP contribution in [-0.4, -0.2) is 16.0 Å². The first-order valence-electron chi connectivity index (χ1n) is 9.57. The largest absolute Gasteiger partial charge is 0.416 e.